The highest BCUT2D eigenvalue weighted by molar-refractivity contribution is 5.48. The summed E-state index contributed by atoms with van der Waals surface area (Å²) in [6.45, 7) is 1.87. The molecule has 0 fully saturated rings. The zero-order valence-electron chi connectivity index (χ0n) is 10.2. The van der Waals surface area contributed by atoms with E-state index in [0.717, 1.165) is 5.56 Å². The molecular weight excluding hydrogens is 244 g/mol. The van der Waals surface area contributed by atoms with Crippen molar-refractivity contribution in [1.29, 1.82) is 5.26 Å². The quantitative estimate of drug-likeness (QED) is 0.619. The van der Waals surface area contributed by atoms with E-state index in [0.29, 0.717) is 17.1 Å². The molecule has 0 aliphatic carbocycles. The van der Waals surface area contributed by atoms with Crippen molar-refractivity contribution < 1.29 is 9.66 Å². The van der Waals surface area contributed by atoms with Gasteiger partial charge in [-0.3, -0.25) is 10.1 Å². The Labute approximate surface area is 109 Å². The first-order valence-electron chi connectivity index (χ1n) is 5.53. The number of rotatable bonds is 3. The average Bonchev–Trinajstić information content (AvgIpc) is 2.41. The smallest absolute Gasteiger partial charge is 0.273 e. The summed E-state index contributed by atoms with van der Waals surface area (Å²) >= 11 is 0. The molecule has 2 rings (SSSR count). The third-order valence-electron chi connectivity index (χ3n) is 2.51. The summed E-state index contributed by atoms with van der Waals surface area (Å²) in [7, 11) is 0. The molecule has 2 aromatic carbocycles. The second-order valence-corrected chi connectivity index (χ2v) is 3.97. The van der Waals surface area contributed by atoms with Crippen LogP contribution in [0.25, 0.3) is 0 Å². The van der Waals surface area contributed by atoms with Gasteiger partial charge in [0.15, 0.2) is 0 Å². The van der Waals surface area contributed by atoms with Crippen LogP contribution >= 0.6 is 0 Å². The highest BCUT2D eigenvalue weighted by atomic mass is 16.6. The van der Waals surface area contributed by atoms with Crippen LogP contribution in [0.2, 0.25) is 0 Å². The third-order valence-corrected chi connectivity index (χ3v) is 2.51. The van der Waals surface area contributed by atoms with Crippen LogP contribution in [-0.4, -0.2) is 4.92 Å². The number of benzene rings is 2. The Kier molecular flexibility index (Phi) is 3.44. The van der Waals surface area contributed by atoms with Gasteiger partial charge in [-0.1, -0.05) is 12.1 Å². The number of hydrogen-bond donors (Lipinski definition) is 0. The van der Waals surface area contributed by atoms with E-state index in [1.807, 2.05) is 19.1 Å². The Bertz CT molecular complexity index is 675. The highest BCUT2D eigenvalue weighted by Crippen LogP contribution is 2.28. The summed E-state index contributed by atoms with van der Waals surface area (Å²) in [5.41, 5.74) is 1.29. The van der Waals surface area contributed by atoms with Gasteiger partial charge in [0.25, 0.3) is 5.69 Å². The molecule has 0 spiro atoms. The van der Waals surface area contributed by atoms with Crippen LogP contribution in [0.3, 0.4) is 0 Å². The first kappa shape index (κ1) is 12.6. The first-order chi connectivity index (χ1) is 9.10. The summed E-state index contributed by atoms with van der Waals surface area (Å²) in [5.74, 6) is 0.711. The summed E-state index contributed by atoms with van der Waals surface area (Å²) in [6, 6.07) is 13.1. The molecule has 94 valence electrons. The molecule has 0 aliphatic rings. The van der Waals surface area contributed by atoms with Gasteiger partial charge in [-0.05, 0) is 30.7 Å². The molecule has 0 radical (unpaired) electrons. The maximum atomic E-state index is 10.7. The topological polar surface area (TPSA) is 76.2 Å². The number of aryl methyl sites for hydroxylation is 1. The molecule has 0 amide bonds. The van der Waals surface area contributed by atoms with Crippen molar-refractivity contribution in [3.63, 3.8) is 0 Å². The minimum absolute atomic E-state index is 0.0527. The van der Waals surface area contributed by atoms with E-state index in [-0.39, 0.29) is 5.69 Å². The van der Waals surface area contributed by atoms with Crippen molar-refractivity contribution in [2.24, 2.45) is 0 Å². The fourth-order valence-corrected chi connectivity index (χ4v) is 1.61. The van der Waals surface area contributed by atoms with Crippen LogP contribution in [0.1, 0.15) is 11.1 Å². The van der Waals surface area contributed by atoms with E-state index < -0.39 is 4.92 Å². The zero-order valence-corrected chi connectivity index (χ0v) is 10.2. The Balaban J connectivity index is 2.34. The number of ether oxygens (including phenoxy) is 1. The van der Waals surface area contributed by atoms with Crippen LogP contribution < -0.4 is 4.74 Å². The van der Waals surface area contributed by atoms with Crippen LogP contribution in [-0.2, 0) is 0 Å². The lowest BCUT2D eigenvalue weighted by atomic mass is 10.1. The number of nitriles is 1. The lowest BCUT2D eigenvalue weighted by Crippen LogP contribution is -1.91. The summed E-state index contributed by atoms with van der Waals surface area (Å²) in [5, 5.41) is 19.7. The van der Waals surface area contributed by atoms with Gasteiger partial charge >= 0.3 is 0 Å². The SMILES string of the molecule is Cc1ccc(Oc2cccc([N+](=O)[O-])c2)c(C#N)c1. The fourth-order valence-electron chi connectivity index (χ4n) is 1.61. The maximum Gasteiger partial charge on any atom is 0.273 e. The Morgan fingerprint density at radius 1 is 1.26 bits per heavy atom. The van der Waals surface area contributed by atoms with Crippen molar-refractivity contribution in [1.82, 2.24) is 0 Å². The second-order valence-electron chi connectivity index (χ2n) is 3.97. The molecule has 2 aromatic rings. The van der Waals surface area contributed by atoms with Crippen molar-refractivity contribution in [2.45, 2.75) is 6.92 Å². The van der Waals surface area contributed by atoms with Gasteiger partial charge in [0, 0.05) is 6.07 Å². The van der Waals surface area contributed by atoms with E-state index in [9.17, 15) is 10.1 Å². The van der Waals surface area contributed by atoms with Crippen LogP contribution in [0.5, 0.6) is 11.5 Å². The molecule has 0 N–H and O–H groups in total. The Morgan fingerprint density at radius 2 is 2.05 bits per heavy atom. The molecule has 0 heterocycles. The normalized spacial score (nSPS) is 9.68. The van der Waals surface area contributed by atoms with E-state index in [1.165, 1.54) is 18.2 Å². The van der Waals surface area contributed by atoms with Gasteiger partial charge in [-0.25, -0.2) is 0 Å². The van der Waals surface area contributed by atoms with Gasteiger partial charge < -0.3 is 4.74 Å². The predicted molar refractivity (Wildman–Crippen MR) is 69.1 cm³/mol. The standard InChI is InChI=1S/C14H10N2O3/c1-10-5-6-14(11(7-10)9-15)19-13-4-2-3-12(8-13)16(17)18/h2-8H,1H3. The Hall–Kier alpha value is -2.87. The van der Waals surface area contributed by atoms with Crippen LogP contribution in [0, 0.1) is 28.4 Å². The van der Waals surface area contributed by atoms with Crippen LogP contribution in [0.15, 0.2) is 42.5 Å². The Morgan fingerprint density at radius 3 is 2.74 bits per heavy atom. The van der Waals surface area contributed by atoms with E-state index in [1.54, 1.807) is 18.2 Å². The van der Waals surface area contributed by atoms with Crippen molar-refractivity contribution in [3.8, 4) is 17.6 Å². The molecule has 0 bridgehead atoms. The molecule has 0 saturated carbocycles. The molecule has 0 saturated heterocycles. The molecule has 5 nitrogen and oxygen atoms in total. The molecular formula is C14H10N2O3. The minimum atomic E-state index is -0.493. The van der Waals surface area contributed by atoms with Crippen LogP contribution in [0.4, 0.5) is 5.69 Å². The van der Waals surface area contributed by atoms with Crippen molar-refractivity contribution in [3.05, 3.63) is 63.7 Å². The monoisotopic (exact) mass is 254 g/mol. The minimum Gasteiger partial charge on any atom is -0.456 e. The van der Waals surface area contributed by atoms with E-state index in [4.69, 9.17) is 10.00 Å². The lowest BCUT2D eigenvalue weighted by molar-refractivity contribution is -0.384. The summed E-state index contributed by atoms with van der Waals surface area (Å²) in [4.78, 5) is 10.2. The highest BCUT2D eigenvalue weighted by Gasteiger charge is 2.09. The third kappa shape index (κ3) is 2.87. The number of nitro benzene ring substituents is 1. The van der Waals surface area contributed by atoms with Gasteiger partial charge in [-0.2, -0.15) is 5.26 Å². The lowest BCUT2D eigenvalue weighted by Gasteiger charge is -2.07. The number of nitro groups is 1. The second kappa shape index (κ2) is 5.19. The molecule has 0 atom stereocenters. The number of hydrogen-bond acceptors (Lipinski definition) is 4. The van der Waals surface area contributed by atoms with E-state index >= 15 is 0 Å². The molecule has 0 aromatic heterocycles. The zero-order chi connectivity index (χ0) is 13.8. The fraction of sp³-hybridized carbons (Fsp3) is 0.0714. The molecule has 0 unspecified atom stereocenters. The van der Waals surface area contributed by atoms with Gasteiger partial charge in [0.05, 0.1) is 16.6 Å². The number of nitrogens with zero attached hydrogens (tertiary/aromatic N) is 2. The summed E-state index contributed by atoms with van der Waals surface area (Å²) in [6.07, 6.45) is 0. The predicted octanol–water partition coefficient (Wildman–Crippen LogP) is 3.57. The van der Waals surface area contributed by atoms with Gasteiger partial charge in [0.2, 0.25) is 0 Å². The molecule has 0 aliphatic heterocycles. The number of non-ortho nitro benzene ring substituents is 1. The molecule has 19 heavy (non-hydrogen) atoms. The first-order valence-corrected chi connectivity index (χ1v) is 5.53. The van der Waals surface area contributed by atoms with Crippen molar-refractivity contribution in [2.75, 3.05) is 0 Å². The van der Waals surface area contributed by atoms with Gasteiger partial charge in [0.1, 0.15) is 17.6 Å². The summed E-state index contributed by atoms with van der Waals surface area (Å²) < 4.78 is 5.52. The van der Waals surface area contributed by atoms with E-state index in [2.05, 4.69) is 0 Å². The largest absolute Gasteiger partial charge is 0.456 e. The molecule has 5 heteroatoms. The maximum absolute atomic E-state index is 10.7. The van der Waals surface area contributed by atoms with Crippen molar-refractivity contribution >= 4 is 5.69 Å². The van der Waals surface area contributed by atoms with Gasteiger partial charge in [-0.15, -0.1) is 0 Å². The average molecular weight is 254 g/mol.